The van der Waals surface area contributed by atoms with Crippen molar-refractivity contribution in [2.75, 3.05) is 19.8 Å². The highest BCUT2D eigenvalue weighted by molar-refractivity contribution is 5.78. The fourth-order valence-corrected chi connectivity index (χ4v) is 4.00. The molecule has 45 heavy (non-hydrogen) atoms. The van der Waals surface area contributed by atoms with Crippen molar-refractivity contribution in [2.45, 2.75) is 66.9 Å². The molecule has 0 spiro atoms. The van der Waals surface area contributed by atoms with E-state index in [4.69, 9.17) is 14.2 Å². The van der Waals surface area contributed by atoms with Crippen molar-refractivity contribution in [3.8, 4) is 34.1 Å². The third-order valence-corrected chi connectivity index (χ3v) is 7.54. The van der Waals surface area contributed by atoms with Gasteiger partial charge in [-0.15, -0.1) is 0 Å². The monoisotopic (exact) mass is 644 g/mol. The molecule has 0 fully saturated rings. The average molecular weight is 645 g/mol. The standard InChI is InChI=1S/C34H39F7O4/c1-7-19(4)16-42-23-14-29(43-17-20(5)8-2)31(30(15-23)44-18-21(6)9-3)22-10-25(35)32(26(36)11-22)34(40,41)45-24-12-27(37)33(39)28(38)13-24/h10-15,19-21H,7-9,16-18H2,1-6H3/t19-,20-,21-/m0/s1. The maximum atomic E-state index is 15.4. The predicted octanol–water partition coefficient (Wildman–Crippen LogP) is 10.5. The van der Waals surface area contributed by atoms with Crippen molar-refractivity contribution in [1.82, 2.24) is 0 Å². The number of halogens is 7. The molecule has 0 unspecified atom stereocenters. The van der Waals surface area contributed by atoms with E-state index >= 15 is 17.6 Å². The van der Waals surface area contributed by atoms with Gasteiger partial charge >= 0.3 is 6.11 Å². The first kappa shape index (κ1) is 35.8. The van der Waals surface area contributed by atoms with Gasteiger partial charge in [0.15, 0.2) is 17.5 Å². The van der Waals surface area contributed by atoms with Crippen LogP contribution in [0.4, 0.5) is 30.7 Å². The second kappa shape index (κ2) is 15.6. The van der Waals surface area contributed by atoms with Crippen LogP contribution < -0.4 is 18.9 Å². The summed E-state index contributed by atoms with van der Waals surface area (Å²) in [4.78, 5) is 0. The lowest BCUT2D eigenvalue weighted by Gasteiger charge is -2.23. The highest BCUT2D eigenvalue weighted by Crippen LogP contribution is 2.45. The molecule has 3 aromatic carbocycles. The van der Waals surface area contributed by atoms with Gasteiger partial charge in [-0.1, -0.05) is 60.8 Å². The number of alkyl halides is 2. The number of rotatable bonds is 16. The van der Waals surface area contributed by atoms with E-state index in [1.54, 1.807) is 12.1 Å². The van der Waals surface area contributed by atoms with Crippen LogP contribution in [0, 0.1) is 46.8 Å². The van der Waals surface area contributed by atoms with Gasteiger partial charge in [0.25, 0.3) is 0 Å². The molecule has 3 aromatic rings. The summed E-state index contributed by atoms with van der Waals surface area (Å²) in [5.74, 6) is -8.95. The van der Waals surface area contributed by atoms with Gasteiger partial charge in [-0.25, -0.2) is 22.0 Å². The zero-order valence-electron chi connectivity index (χ0n) is 26.2. The normalized spacial score (nSPS) is 13.7. The summed E-state index contributed by atoms with van der Waals surface area (Å²) in [6, 6.07) is 4.75. The fourth-order valence-electron chi connectivity index (χ4n) is 4.00. The summed E-state index contributed by atoms with van der Waals surface area (Å²) in [5.41, 5.74) is -1.86. The van der Waals surface area contributed by atoms with E-state index in [0.717, 1.165) is 19.3 Å². The third-order valence-electron chi connectivity index (χ3n) is 7.54. The Hall–Kier alpha value is -3.63. The van der Waals surface area contributed by atoms with Crippen molar-refractivity contribution in [2.24, 2.45) is 17.8 Å². The Morgan fingerprint density at radius 3 is 1.42 bits per heavy atom. The first-order valence-electron chi connectivity index (χ1n) is 15.0. The summed E-state index contributed by atoms with van der Waals surface area (Å²) >= 11 is 0. The lowest BCUT2D eigenvalue weighted by atomic mass is 9.99. The van der Waals surface area contributed by atoms with Crippen molar-refractivity contribution in [3.63, 3.8) is 0 Å². The Morgan fingerprint density at radius 2 is 1.00 bits per heavy atom. The molecule has 3 rings (SSSR count). The molecule has 0 bridgehead atoms. The van der Waals surface area contributed by atoms with E-state index in [-0.39, 0.29) is 65.7 Å². The molecule has 0 saturated heterocycles. The van der Waals surface area contributed by atoms with E-state index in [0.29, 0.717) is 24.5 Å². The van der Waals surface area contributed by atoms with E-state index in [9.17, 15) is 13.2 Å². The molecule has 4 nitrogen and oxygen atoms in total. The molecule has 0 aliphatic carbocycles. The molecule has 0 aliphatic heterocycles. The Bertz CT molecular complexity index is 1370. The van der Waals surface area contributed by atoms with Gasteiger partial charge in [0, 0.05) is 24.3 Å². The Labute approximate surface area is 259 Å². The van der Waals surface area contributed by atoms with Crippen LogP contribution in [0.15, 0.2) is 36.4 Å². The van der Waals surface area contributed by atoms with E-state index in [1.807, 2.05) is 41.5 Å². The number of benzene rings is 3. The Kier molecular flexibility index (Phi) is 12.4. The highest BCUT2D eigenvalue weighted by Gasteiger charge is 2.42. The lowest BCUT2D eigenvalue weighted by Crippen LogP contribution is -2.25. The van der Waals surface area contributed by atoms with E-state index < -0.39 is 46.5 Å². The van der Waals surface area contributed by atoms with Crippen LogP contribution >= 0.6 is 0 Å². The van der Waals surface area contributed by atoms with E-state index in [1.165, 1.54) is 0 Å². The Balaban J connectivity index is 2.14. The van der Waals surface area contributed by atoms with Gasteiger partial charge in [-0.3, -0.25) is 0 Å². The average Bonchev–Trinajstić information content (AvgIpc) is 2.98. The SMILES string of the molecule is CC[C@H](C)COc1cc(OC[C@@H](C)CC)c(-c2cc(F)c(C(F)(F)Oc3cc(F)c(F)c(F)c3)c(F)c2)c(OC[C@@H](C)CC)c1. The maximum absolute atomic E-state index is 15.4. The van der Waals surface area contributed by atoms with E-state index in [2.05, 4.69) is 4.74 Å². The van der Waals surface area contributed by atoms with Crippen molar-refractivity contribution < 1.29 is 49.7 Å². The molecule has 248 valence electrons. The van der Waals surface area contributed by atoms with Crippen LogP contribution in [0.2, 0.25) is 0 Å². The molecule has 0 aliphatic rings. The first-order valence-corrected chi connectivity index (χ1v) is 15.0. The quantitative estimate of drug-likeness (QED) is 0.115. The zero-order chi connectivity index (χ0) is 33.5. The largest absolute Gasteiger partial charge is 0.493 e. The molecule has 0 saturated carbocycles. The van der Waals surface area contributed by atoms with Crippen molar-refractivity contribution >= 4 is 0 Å². The van der Waals surface area contributed by atoms with Gasteiger partial charge in [0.2, 0.25) is 0 Å². The molecular formula is C34H39F7O4. The van der Waals surface area contributed by atoms with Crippen LogP contribution in [0.5, 0.6) is 23.0 Å². The first-order chi connectivity index (χ1) is 21.2. The summed E-state index contributed by atoms with van der Waals surface area (Å²) in [7, 11) is 0. The maximum Gasteiger partial charge on any atom is 0.432 e. The minimum absolute atomic E-state index is 0.111. The van der Waals surface area contributed by atoms with Crippen LogP contribution in [-0.2, 0) is 6.11 Å². The van der Waals surface area contributed by atoms with Crippen molar-refractivity contribution in [3.05, 3.63) is 71.0 Å². The van der Waals surface area contributed by atoms with Crippen LogP contribution in [-0.4, -0.2) is 19.8 Å². The molecule has 0 radical (unpaired) electrons. The smallest absolute Gasteiger partial charge is 0.432 e. The zero-order valence-corrected chi connectivity index (χ0v) is 26.2. The molecule has 0 heterocycles. The molecule has 0 amide bonds. The minimum Gasteiger partial charge on any atom is -0.493 e. The molecule has 0 N–H and O–H groups in total. The lowest BCUT2D eigenvalue weighted by molar-refractivity contribution is -0.189. The Morgan fingerprint density at radius 1 is 0.578 bits per heavy atom. The summed E-state index contributed by atoms with van der Waals surface area (Å²) in [6.07, 6.45) is -2.29. The number of hydrogen-bond acceptors (Lipinski definition) is 4. The summed E-state index contributed by atoms with van der Waals surface area (Å²) in [6.45, 7) is 12.8. The number of ether oxygens (including phenoxy) is 4. The fraction of sp³-hybridized carbons (Fsp3) is 0.471. The second-order valence-electron chi connectivity index (χ2n) is 11.4. The molecular weight excluding hydrogens is 605 g/mol. The minimum atomic E-state index is -4.73. The second-order valence-corrected chi connectivity index (χ2v) is 11.4. The van der Waals surface area contributed by atoms with Crippen LogP contribution in [0.1, 0.15) is 66.4 Å². The van der Waals surface area contributed by atoms with Crippen LogP contribution in [0.25, 0.3) is 11.1 Å². The molecule has 3 atom stereocenters. The van der Waals surface area contributed by atoms with Gasteiger partial charge in [0.05, 0.1) is 25.4 Å². The third kappa shape index (κ3) is 9.20. The highest BCUT2D eigenvalue weighted by atomic mass is 19.3. The summed E-state index contributed by atoms with van der Waals surface area (Å²) < 4.78 is 124. The topological polar surface area (TPSA) is 36.9 Å². The van der Waals surface area contributed by atoms with Crippen molar-refractivity contribution in [1.29, 1.82) is 0 Å². The molecule has 11 heteroatoms. The van der Waals surface area contributed by atoms with Gasteiger partial charge < -0.3 is 18.9 Å². The molecule has 0 aromatic heterocycles. The van der Waals surface area contributed by atoms with Gasteiger partial charge in [-0.05, 0) is 35.4 Å². The summed E-state index contributed by atoms with van der Waals surface area (Å²) in [5, 5.41) is 0. The van der Waals surface area contributed by atoms with Crippen LogP contribution in [0.3, 0.4) is 0 Å². The van der Waals surface area contributed by atoms with Gasteiger partial charge in [0.1, 0.15) is 40.2 Å². The predicted molar refractivity (Wildman–Crippen MR) is 157 cm³/mol. The number of hydrogen-bond donors (Lipinski definition) is 0. The van der Waals surface area contributed by atoms with Gasteiger partial charge in [-0.2, -0.15) is 8.78 Å².